The topological polar surface area (TPSA) is 0 Å². The first-order chi connectivity index (χ1) is 15.2. The van der Waals surface area contributed by atoms with Gasteiger partial charge in [0.1, 0.15) is 0 Å². The lowest BCUT2D eigenvalue weighted by atomic mass is 9.60. The molecule has 1 saturated carbocycles. The lowest BCUT2D eigenvalue weighted by molar-refractivity contribution is 0.103. The van der Waals surface area contributed by atoms with E-state index >= 15 is 0 Å². The van der Waals surface area contributed by atoms with Gasteiger partial charge in [-0.3, -0.25) is 0 Å². The van der Waals surface area contributed by atoms with E-state index in [9.17, 15) is 0 Å². The summed E-state index contributed by atoms with van der Waals surface area (Å²) in [7, 11) is 0. The van der Waals surface area contributed by atoms with E-state index < -0.39 is 0 Å². The van der Waals surface area contributed by atoms with E-state index in [4.69, 9.17) is 0 Å². The summed E-state index contributed by atoms with van der Waals surface area (Å²) in [4.78, 5) is 0. The Morgan fingerprint density at radius 3 is 2.33 bits per heavy atom. The van der Waals surface area contributed by atoms with Crippen LogP contribution in [0.2, 0.25) is 0 Å². The minimum absolute atomic E-state index is 0.0516. The van der Waals surface area contributed by atoms with E-state index in [1.54, 1.807) is 0 Å². The Hall–Kier alpha value is -1.30. The van der Waals surface area contributed by atoms with Gasteiger partial charge in [-0.05, 0) is 93.3 Å². The van der Waals surface area contributed by atoms with E-state index in [1.807, 2.05) is 0 Å². The van der Waals surface area contributed by atoms with E-state index in [2.05, 4.69) is 99.9 Å². The molecule has 0 aromatic heterocycles. The van der Waals surface area contributed by atoms with Crippen LogP contribution < -0.4 is 0 Å². The number of rotatable bonds is 14. The van der Waals surface area contributed by atoms with E-state index in [0.717, 1.165) is 31.6 Å². The van der Waals surface area contributed by atoms with Gasteiger partial charge in [0.2, 0.25) is 0 Å². The van der Waals surface area contributed by atoms with Crippen LogP contribution in [-0.2, 0) is 0 Å². The summed E-state index contributed by atoms with van der Waals surface area (Å²) < 4.78 is 0. The zero-order valence-electron chi connectivity index (χ0n) is 23.6. The van der Waals surface area contributed by atoms with Crippen LogP contribution in [0.3, 0.4) is 0 Å². The molecule has 0 heterocycles. The van der Waals surface area contributed by atoms with Crippen LogP contribution in [0.15, 0.2) is 61.3 Å². The molecule has 0 heteroatoms. The largest absolute Gasteiger partial charge is 0.102 e. The zero-order chi connectivity index (χ0) is 25.4. The number of hydrogen-bond acceptors (Lipinski definition) is 0. The van der Waals surface area contributed by atoms with Crippen LogP contribution in [0, 0.1) is 40.4 Å². The SMILES string of the molecule is C=CC(C)(/C=C/C(C)CC[C@H]1C(=C)CC[C@H](C)C1(C)C)CCC(C)C(=C)CCC(C)C(=C)C. The molecule has 6 atom stereocenters. The van der Waals surface area contributed by atoms with E-state index in [0.29, 0.717) is 29.1 Å². The average molecular weight is 453 g/mol. The van der Waals surface area contributed by atoms with Crippen LogP contribution in [-0.4, -0.2) is 0 Å². The molecule has 0 radical (unpaired) electrons. The van der Waals surface area contributed by atoms with Gasteiger partial charge >= 0.3 is 0 Å². The Morgan fingerprint density at radius 1 is 1.12 bits per heavy atom. The van der Waals surface area contributed by atoms with Crippen molar-refractivity contribution in [2.24, 2.45) is 40.4 Å². The van der Waals surface area contributed by atoms with Gasteiger partial charge in [-0.25, -0.2) is 0 Å². The van der Waals surface area contributed by atoms with Crippen molar-refractivity contribution in [1.29, 1.82) is 0 Å². The Balaban J connectivity index is 2.58. The highest BCUT2D eigenvalue weighted by molar-refractivity contribution is 5.12. The Labute approximate surface area is 208 Å². The first-order valence-corrected chi connectivity index (χ1v) is 13.6. The molecule has 0 amide bonds. The summed E-state index contributed by atoms with van der Waals surface area (Å²) >= 11 is 0. The van der Waals surface area contributed by atoms with Gasteiger partial charge in [0.05, 0.1) is 0 Å². The molecule has 0 spiro atoms. The molecule has 0 aromatic rings. The highest BCUT2D eigenvalue weighted by Gasteiger charge is 2.39. The lowest BCUT2D eigenvalue weighted by Crippen LogP contribution is -2.36. The molecule has 0 aromatic carbocycles. The molecule has 1 fully saturated rings. The maximum Gasteiger partial charge on any atom is 0.00303 e. The summed E-state index contributed by atoms with van der Waals surface area (Å²) in [6, 6.07) is 0. The molecule has 0 aliphatic heterocycles. The van der Waals surface area contributed by atoms with E-state index in [-0.39, 0.29) is 5.41 Å². The molecule has 1 aliphatic rings. The number of hydrogen-bond donors (Lipinski definition) is 0. The lowest BCUT2D eigenvalue weighted by Gasteiger charge is -2.45. The molecule has 0 saturated heterocycles. The molecule has 0 N–H and O–H groups in total. The summed E-state index contributed by atoms with van der Waals surface area (Å²) in [6.45, 7) is 35.9. The zero-order valence-corrected chi connectivity index (χ0v) is 23.6. The van der Waals surface area contributed by atoms with Gasteiger partial charge < -0.3 is 0 Å². The smallest absolute Gasteiger partial charge is 0.00303 e. The Kier molecular flexibility index (Phi) is 11.7. The monoisotopic (exact) mass is 452 g/mol. The fourth-order valence-corrected chi connectivity index (χ4v) is 5.18. The molecule has 0 bridgehead atoms. The maximum absolute atomic E-state index is 4.45. The van der Waals surface area contributed by atoms with Crippen molar-refractivity contribution in [2.45, 2.75) is 107 Å². The molecule has 4 unspecified atom stereocenters. The second-order valence-electron chi connectivity index (χ2n) is 12.5. The van der Waals surface area contributed by atoms with Crippen LogP contribution in [0.5, 0.6) is 0 Å². The third kappa shape index (κ3) is 9.11. The Morgan fingerprint density at radius 2 is 1.76 bits per heavy atom. The molecular formula is C33H56. The van der Waals surface area contributed by atoms with Crippen LogP contribution >= 0.6 is 0 Å². The second kappa shape index (κ2) is 13.0. The van der Waals surface area contributed by atoms with Crippen LogP contribution in [0.25, 0.3) is 0 Å². The molecule has 1 aliphatic carbocycles. The van der Waals surface area contributed by atoms with Crippen molar-refractivity contribution in [1.82, 2.24) is 0 Å². The average Bonchev–Trinajstić information content (AvgIpc) is 2.76. The van der Waals surface area contributed by atoms with Gasteiger partial charge in [0.25, 0.3) is 0 Å². The normalized spacial score (nSPS) is 25.3. The first-order valence-electron chi connectivity index (χ1n) is 13.6. The molecule has 0 nitrogen and oxygen atoms in total. The van der Waals surface area contributed by atoms with Gasteiger partial charge in [0.15, 0.2) is 0 Å². The van der Waals surface area contributed by atoms with Gasteiger partial charge in [-0.1, -0.05) is 103 Å². The van der Waals surface area contributed by atoms with Crippen molar-refractivity contribution in [2.75, 3.05) is 0 Å². The van der Waals surface area contributed by atoms with Crippen LogP contribution in [0.4, 0.5) is 0 Å². The summed E-state index contributed by atoms with van der Waals surface area (Å²) in [5.41, 5.74) is 4.57. The van der Waals surface area contributed by atoms with Crippen molar-refractivity contribution < 1.29 is 0 Å². The quantitative estimate of drug-likeness (QED) is 0.230. The number of allylic oxidation sites excluding steroid dienone is 6. The molecular weight excluding hydrogens is 396 g/mol. The van der Waals surface area contributed by atoms with Crippen molar-refractivity contribution in [3.8, 4) is 0 Å². The summed E-state index contributed by atoms with van der Waals surface area (Å²) in [6.07, 6.45) is 16.6. The predicted molar refractivity (Wildman–Crippen MR) is 151 cm³/mol. The minimum Gasteiger partial charge on any atom is -0.102 e. The van der Waals surface area contributed by atoms with Crippen LogP contribution in [0.1, 0.15) is 107 Å². The van der Waals surface area contributed by atoms with Gasteiger partial charge in [0, 0.05) is 5.41 Å². The maximum atomic E-state index is 4.45. The fraction of sp³-hybridized carbons (Fsp3) is 0.697. The predicted octanol–water partition coefficient (Wildman–Crippen LogP) is 10.7. The molecule has 33 heavy (non-hydrogen) atoms. The first kappa shape index (κ1) is 29.7. The van der Waals surface area contributed by atoms with Crippen molar-refractivity contribution in [3.05, 3.63) is 61.3 Å². The summed E-state index contributed by atoms with van der Waals surface area (Å²) in [5, 5.41) is 0. The van der Waals surface area contributed by atoms with Gasteiger partial charge in [-0.15, -0.1) is 6.58 Å². The van der Waals surface area contributed by atoms with E-state index in [1.165, 1.54) is 42.4 Å². The molecule has 1 rings (SSSR count). The fourth-order valence-electron chi connectivity index (χ4n) is 5.18. The van der Waals surface area contributed by atoms with Gasteiger partial charge in [-0.2, -0.15) is 0 Å². The van der Waals surface area contributed by atoms with Crippen molar-refractivity contribution in [3.63, 3.8) is 0 Å². The standard InChI is InChI=1S/C33H56/c1-13-33(12,23-21-28(7)27(6)16-15-26(5)24(2)3)22-20-25(4)14-19-31-29(8)17-18-30(9)32(31,10)11/h13,20,22,25-26,28,30-31H,1-2,6,8,14-19,21,23H2,3-5,7,9-12H3/b22-20+/t25?,26?,28?,30-,31-,33?/m0/s1. The highest BCUT2D eigenvalue weighted by atomic mass is 14.4. The third-order valence-electron chi connectivity index (χ3n) is 9.29. The third-order valence-corrected chi connectivity index (χ3v) is 9.29. The van der Waals surface area contributed by atoms with Crippen molar-refractivity contribution >= 4 is 0 Å². The minimum atomic E-state index is 0.0516. The second-order valence-corrected chi connectivity index (χ2v) is 12.5. The Bertz CT molecular complexity index is 702. The summed E-state index contributed by atoms with van der Waals surface area (Å²) in [5.74, 6) is 3.15. The highest BCUT2D eigenvalue weighted by Crippen LogP contribution is 2.49. The molecule has 188 valence electrons.